The molecular weight excluding hydrogens is 342 g/mol. The lowest BCUT2D eigenvalue weighted by atomic mass is 10.2. The number of hydrogen-bond acceptors (Lipinski definition) is 4. The van der Waals surface area contributed by atoms with Gasteiger partial charge < -0.3 is 10.6 Å². The van der Waals surface area contributed by atoms with E-state index in [9.17, 15) is 8.42 Å². The maximum atomic E-state index is 12.8. The number of aryl methyl sites for hydroxylation is 1. The van der Waals surface area contributed by atoms with Gasteiger partial charge in [0.15, 0.2) is 0 Å². The number of nitrogen functional groups attached to an aromatic ring is 1. The number of likely N-dealkylation sites (N-methyl/N-ethyl adjacent to an activating group) is 1. The summed E-state index contributed by atoms with van der Waals surface area (Å²) in [6.45, 7) is 5.58. The quantitative estimate of drug-likeness (QED) is 0.813. The zero-order valence-corrected chi connectivity index (χ0v) is 14.3. The van der Waals surface area contributed by atoms with Crippen molar-refractivity contribution in [1.29, 1.82) is 0 Å². The number of halogens is 1. The predicted molar refractivity (Wildman–Crippen MR) is 84.1 cm³/mol. The molecule has 0 saturated carbocycles. The molecule has 0 spiro atoms. The number of nitrogens with zero attached hydrogens (tertiary/aromatic N) is 2. The molecule has 1 unspecified atom stereocenters. The highest BCUT2D eigenvalue weighted by Crippen LogP contribution is 2.29. The first-order valence-electron chi connectivity index (χ1n) is 6.49. The minimum Gasteiger partial charge on any atom is -0.398 e. The Balaban J connectivity index is 2.38. The molecule has 0 radical (unpaired) electrons. The summed E-state index contributed by atoms with van der Waals surface area (Å²) in [5.41, 5.74) is 6.97. The van der Waals surface area contributed by atoms with E-state index in [0.29, 0.717) is 29.2 Å². The van der Waals surface area contributed by atoms with E-state index in [1.165, 1.54) is 6.07 Å². The van der Waals surface area contributed by atoms with Crippen LogP contribution in [0.3, 0.4) is 0 Å². The molecule has 1 aromatic carbocycles. The highest BCUT2D eigenvalue weighted by atomic mass is 79.9. The van der Waals surface area contributed by atoms with Crippen LogP contribution in [0, 0.1) is 6.92 Å². The second-order valence-corrected chi connectivity index (χ2v) is 8.09. The second kappa shape index (κ2) is 5.63. The minimum atomic E-state index is -3.48. The van der Waals surface area contributed by atoms with Gasteiger partial charge >= 0.3 is 0 Å². The van der Waals surface area contributed by atoms with Crippen LogP contribution in [0.1, 0.15) is 12.5 Å². The number of rotatable bonds is 2. The maximum Gasteiger partial charge on any atom is 0.243 e. The van der Waals surface area contributed by atoms with Gasteiger partial charge in [-0.3, -0.25) is 0 Å². The Morgan fingerprint density at radius 1 is 1.35 bits per heavy atom. The average molecular weight is 362 g/mol. The van der Waals surface area contributed by atoms with E-state index in [1.54, 1.807) is 17.3 Å². The maximum absolute atomic E-state index is 12.8. The fraction of sp³-hybridized carbons (Fsp3) is 0.538. The Morgan fingerprint density at radius 3 is 2.60 bits per heavy atom. The predicted octanol–water partition coefficient (Wildman–Crippen LogP) is 1.66. The fourth-order valence-corrected chi connectivity index (χ4v) is 4.53. The first-order valence-corrected chi connectivity index (χ1v) is 8.73. The summed E-state index contributed by atoms with van der Waals surface area (Å²) in [6, 6.07) is 3.51. The molecule has 0 bridgehead atoms. The van der Waals surface area contributed by atoms with E-state index in [4.69, 9.17) is 5.73 Å². The normalized spacial score (nSPS) is 22.1. The van der Waals surface area contributed by atoms with Crippen LogP contribution in [0.25, 0.3) is 0 Å². The van der Waals surface area contributed by atoms with Crippen LogP contribution >= 0.6 is 15.9 Å². The number of benzene rings is 1. The summed E-state index contributed by atoms with van der Waals surface area (Å²) >= 11 is 3.32. The molecule has 20 heavy (non-hydrogen) atoms. The largest absolute Gasteiger partial charge is 0.398 e. The monoisotopic (exact) mass is 361 g/mol. The molecule has 1 saturated heterocycles. The van der Waals surface area contributed by atoms with Crippen molar-refractivity contribution < 1.29 is 8.42 Å². The lowest BCUT2D eigenvalue weighted by molar-refractivity contribution is 0.159. The van der Waals surface area contributed by atoms with E-state index >= 15 is 0 Å². The van der Waals surface area contributed by atoms with Crippen LogP contribution in [0.15, 0.2) is 21.5 Å². The van der Waals surface area contributed by atoms with Gasteiger partial charge in [-0.1, -0.05) is 0 Å². The molecule has 5 nitrogen and oxygen atoms in total. The van der Waals surface area contributed by atoms with Crippen molar-refractivity contribution in [3.63, 3.8) is 0 Å². The Labute approximate surface area is 128 Å². The molecule has 2 rings (SSSR count). The number of hydrogen-bond donors (Lipinski definition) is 1. The van der Waals surface area contributed by atoms with Gasteiger partial charge in [-0.15, -0.1) is 0 Å². The Kier molecular flexibility index (Phi) is 4.44. The van der Waals surface area contributed by atoms with E-state index in [1.807, 2.05) is 14.0 Å². The van der Waals surface area contributed by atoms with Crippen molar-refractivity contribution in [2.24, 2.45) is 0 Å². The smallest absolute Gasteiger partial charge is 0.243 e. The van der Waals surface area contributed by atoms with Crippen molar-refractivity contribution >= 4 is 31.6 Å². The van der Waals surface area contributed by atoms with E-state index in [0.717, 1.165) is 11.0 Å². The van der Waals surface area contributed by atoms with E-state index in [2.05, 4.69) is 20.8 Å². The van der Waals surface area contributed by atoms with Gasteiger partial charge in [0.1, 0.15) is 0 Å². The van der Waals surface area contributed by atoms with Crippen LogP contribution in [0.2, 0.25) is 0 Å². The van der Waals surface area contributed by atoms with Gasteiger partial charge in [0.25, 0.3) is 0 Å². The molecule has 1 heterocycles. The third-order valence-corrected chi connectivity index (χ3v) is 6.53. The highest BCUT2D eigenvalue weighted by Gasteiger charge is 2.32. The van der Waals surface area contributed by atoms with Gasteiger partial charge in [0, 0.05) is 35.8 Å². The van der Waals surface area contributed by atoms with Gasteiger partial charge in [0.05, 0.1) is 4.90 Å². The van der Waals surface area contributed by atoms with Crippen molar-refractivity contribution in [3.05, 3.63) is 22.2 Å². The Bertz CT molecular complexity index is 618. The number of anilines is 1. The lowest BCUT2D eigenvalue weighted by Crippen LogP contribution is -2.51. The third-order valence-electron chi connectivity index (χ3n) is 3.83. The van der Waals surface area contributed by atoms with Crippen LogP contribution < -0.4 is 5.73 Å². The standard InChI is InChI=1S/C13H20BrN3O2S/c1-9-6-11(14)12(15)7-13(9)20(18,19)17-5-4-16(3)10(2)8-17/h6-7,10H,4-5,8,15H2,1-3H3. The molecule has 1 fully saturated rings. The van der Waals surface area contributed by atoms with E-state index < -0.39 is 10.0 Å². The summed E-state index contributed by atoms with van der Waals surface area (Å²) in [5, 5.41) is 0. The summed E-state index contributed by atoms with van der Waals surface area (Å²) in [6.07, 6.45) is 0. The first kappa shape index (κ1) is 15.8. The third kappa shape index (κ3) is 2.86. The van der Waals surface area contributed by atoms with Crippen LogP contribution in [0.4, 0.5) is 5.69 Å². The molecule has 112 valence electrons. The summed E-state index contributed by atoms with van der Waals surface area (Å²) in [4.78, 5) is 2.46. The number of sulfonamides is 1. The zero-order valence-electron chi connectivity index (χ0n) is 11.9. The fourth-order valence-electron chi connectivity index (χ4n) is 2.32. The summed E-state index contributed by atoms with van der Waals surface area (Å²) in [5.74, 6) is 0. The van der Waals surface area contributed by atoms with Crippen LogP contribution in [0.5, 0.6) is 0 Å². The Morgan fingerprint density at radius 2 is 2.00 bits per heavy atom. The zero-order chi connectivity index (χ0) is 15.1. The van der Waals surface area contributed by atoms with Crippen molar-refractivity contribution in [2.45, 2.75) is 24.8 Å². The first-order chi connectivity index (χ1) is 9.23. The molecule has 1 aromatic rings. The SMILES string of the molecule is Cc1cc(Br)c(N)cc1S(=O)(=O)N1CCN(C)C(C)C1. The highest BCUT2D eigenvalue weighted by molar-refractivity contribution is 9.10. The molecule has 2 N–H and O–H groups in total. The van der Waals surface area contributed by atoms with Crippen LogP contribution in [-0.4, -0.2) is 50.3 Å². The van der Waals surface area contributed by atoms with Gasteiger partial charge in [0.2, 0.25) is 10.0 Å². The topological polar surface area (TPSA) is 66.6 Å². The molecule has 1 aliphatic heterocycles. The minimum absolute atomic E-state index is 0.214. The molecule has 1 aliphatic rings. The summed E-state index contributed by atoms with van der Waals surface area (Å²) in [7, 11) is -1.47. The van der Waals surface area contributed by atoms with Crippen molar-refractivity contribution in [3.8, 4) is 0 Å². The molecule has 0 amide bonds. The van der Waals surface area contributed by atoms with Gasteiger partial charge in [-0.25, -0.2) is 8.42 Å². The van der Waals surface area contributed by atoms with Gasteiger partial charge in [-0.2, -0.15) is 4.31 Å². The average Bonchev–Trinajstić information content (AvgIpc) is 2.36. The summed E-state index contributed by atoms with van der Waals surface area (Å²) < 4.78 is 27.8. The van der Waals surface area contributed by atoms with Crippen molar-refractivity contribution in [1.82, 2.24) is 9.21 Å². The molecule has 0 aromatic heterocycles. The van der Waals surface area contributed by atoms with Crippen LogP contribution in [-0.2, 0) is 10.0 Å². The lowest BCUT2D eigenvalue weighted by Gasteiger charge is -2.37. The number of nitrogens with two attached hydrogens (primary N) is 1. The second-order valence-electron chi connectivity index (χ2n) is 5.33. The Hall–Kier alpha value is -0.630. The number of piperazine rings is 1. The van der Waals surface area contributed by atoms with E-state index in [-0.39, 0.29) is 6.04 Å². The molecule has 7 heteroatoms. The van der Waals surface area contributed by atoms with Crippen molar-refractivity contribution in [2.75, 3.05) is 32.4 Å². The molecule has 1 atom stereocenters. The van der Waals surface area contributed by atoms with Gasteiger partial charge in [-0.05, 0) is 54.5 Å². The molecule has 0 aliphatic carbocycles. The molecular formula is C13H20BrN3O2S.